The molecule has 120 valence electrons. The Balaban J connectivity index is 1.87. The van der Waals surface area contributed by atoms with Gasteiger partial charge >= 0.3 is 0 Å². The topological polar surface area (TPSA) is 9.23 Å². The van der Waals surface area contributed by atoms with E-state index in [0.717, 1.165) is 12.8 Å². The number of allylic oxidation sites excluding steroid dienone is 4. The molecule has 1 nitrogen and oxygen atoms in total. The van der Waals surface area contributed by atoms with E-state index >= 15 is 0 Å². The highest BCUT2D eigenvalue weighted by atomic mass is 16.5. The first kappa shape index (κ1) is 16.6. The van der Waals surface area contributed by atoms with Crippen LogP contribution in [0.4, 0.5) is 0 Å². The Morgan fingerprint density at radius 1 is 0.476 bits per heavy atom. The zero-order chi connectivity index (χ0) is 14.6. The highest BCUT2D eigenvalue weighted by Crippen LogP contribution is 2.24. The zero-order valence-corrected chi connectivity index (χ0v) is 13.9. The van der Waals surface area contributed by atoms with Gasteiger partial charge in [-0.05, 0) is 50.7 Å². The van der Waals surface area contributed by atoms with E-state index in [2.05, 4.69) is 12.2 Å². The maximum Gasteiger partial charge on any atom is 0.0996 e. The van der Waals surface area contributed by atoms with E-state index in [0.29, 0.717) is 0 Å². The lowest BCUT2D eigenvalue weighted by molar-refractivity contribution is 0.265. The van der Waals surface area contributed by atoms with E-state index in [4.69, 9.17) is 4.74 Å². The standard InChI is InChI=1S/C20H34O/c1-3-7-11-15-19(16-12-8-4-1)21-20-17-13-9-5-2-6-10-14-18-20/h15,17H,1-14,16,18H2/b19-15+,20-17+. The molecule has 0 saturated heterocycles. The number of hydrogen-bond donors (Lipinski definition) is 0. The first-order chi connectivity index (χ1) is 10.4. The predicted octanol–water partition coefficient (Wildman–Crippen LogP) is 7.04. The molecule has 0 unspecified atom stereocenters. The Morgan fingerprint density at radius 3 is 1.33 bits per heavy atom. The quantitative estimate of drug-likeness (QED) is 0.530. The summed E-state index contributed by atoms with van der Waals surface area (Å²) < 4.78 is 6.32. The summed E-state index contributed by atoms with van der Waals surface area (Å²) in [5.74, 6) is 2.53. The van der Waals surface area contributed by atoms with Crippen molar-refractivity contribution in [2.24, 2.45) is 0 Å². The van der Waals surface area contributed by atoms with Crippen LogP contribution in [0, 0.1) is 0 Å². The van der Waals surface area contributed by atoms with Gasteiger partial charge in [0.1, 0.15) is 0 Å². The van der Waals surface area contributed by atoms with Crippen molar-refractivity contribution < 1.29 is 4.74 Å². The molecule has 2 rings (SSSR count). The Hall–Kier alpha value is -0.720. The fourth-order valence-corrected chi connectivity index (χ4v) is 3.39. The summed E-state index contributed by atoms with van der Waals surface area (Å²) in [4.78, 5) is 0. The maximum atomic E-state index is 6.32. The van der Waals surface area contributed by atoms with Crippen LogP contribution in [0.2, 0.25) is 0 Å². The van der Waals surface area contributed by atoms with E-state index in [9.17, 15) is 0 Å². The summed E-state index contributed by atoms with van der Waals surface area (Å²) in [6.07, 6.45) is 26.0. The molecule has 0 N–H and O–H groups in total. The van der Waals surface area contributed by atoms with E-state index in [-0.39, 0.29) is 0 Å². The summed E-state index contributed by atoms with van der Waals surface area (Å²) in [5, 5.41) is 0. The average Bonchev–Trinajstić information content (AvgIpc) is 2.52. The molecule has 0 heterocycles. The molecule has 0 aliphatic heterocycles. The van der Waals surface area contributed by atoms with Gasteiger partial charge in [0.2, 0.25) is 0 Å². The molecule has 0 aromatic carbocycles. The molecule has 0 radical (unpaired) electrons. The van der Waals surface area contributed by atoms with Crippen LogP contribution in [0.25, 0.3) is 0 Å². The number of ether oxygens (including phenoxy) is 1. The molecule has 0 saturated carbocycles. The molecule has 1 heteroatoms. The molecule has 0 aromatic heterocycles. The lowest BCUT2D eigenvalue weighted by Gasteiger charge is -2.16. The molecule has 21 heavy (non-hydrogen) atoms. The molecule has 2 aliphatic rings. The summed E-state index contributed by atoms with van der Waals surface area (Å²) in [6, 6.07) is 0. The van der Waals surface area contributed by atoms with Crippen molar-refractivity contribution in [1.29, 1.82) is 0 Å². The first-order valence-corrected chi connectivity index (χ1v) is 9.51. The lowest BCUT2D eigenvalue weighted by atomic mass is 10.0. The van der Waals surface area contributed by atoms with Crippen LogP contribution in [0.5, 0.6) is 0 Å². The second-order valence-corrected chi connectivity index (χ2v) is 6.76. The van der Waals surface area contributed by atoms with Gasteiger partial charge in [0.05, 0.1) is 11.5 Å². The van der Waals surface area contributed by atoms with Crippen LogP contribution in [0.3, 0.4) is 0 Å². The third-order valence-corrected chi connectivity index (χ3v) is 4.76. The van der Waals surface area contributed by atoms with Crippen LogP contribution in [0.1, 0.15) is 103 Å². The highest BCUT2D eigenvalue weighted by molar-refractivity contribution is 5.03. The molecule has 0 bridgehead atoms. The summed E-state index contributed by atoms with van der Waals surface area (Å²) in [7, 11) is 0. The normalized spacial score (nSPS) is 28.6. The molecule has 0 aromatic rings. The fourth-order valence-electron chi connectivity index (χ4n) is 3.39. The summed E-state index contributed by atoms with van der Waals surface area (Å²) >= 11 is 0. The van der Waals surface area contributed by atoms with Gasteiger partial charge in [-0.2, -0.15) is 0 Å². The Labute approximate surface area is 131 Å². The first-order valence-electron chi connectivity index (χ1n) is 9.51. The second-order valence-electron chi connectivity index (χ2n) is 6.76. The Morgan fingerprint density at radius 2 is 0.857 bits per heavy atom. The van der Waals surface area contributed by atoms with Crippen molar-refractivity contribution in [3.05, 3.63) is 23.7 Å². The van der Waals surface area contributed by atoms with E-state index in [1.165, 1.54) is 101 Å². The molecule has 0 spiro atoms. The van der Waals surface area contributed by atoms with Crippen molar-refractivity contribution in [3.8, 4) is 0 Å². The molecule has 0 fully saturated rings. The molecule has 2 aliphatic carbocycles. The van der Waals surface area contributed by atoms with Crippen molar-refractivity contribution in [2.45, 2.75) is 103 Å². The Kier molecular flexibility index (Phi) is 8.66. The number of rotatable bonds is 2. The van der Waals surface area contributed by atoms with Crippen LogP contribution in [-0.2, 0) is 4.74 Å². The van der Waals surface area contributed by atoms with Gasteiger partial charge in [-0.3, -0.25) is 0 Å². The zero-order valence-electron chi connectivity index (χ0n) is 13.9. The van der Waals surface area contributed by atoms with Gasteiger partial charge in [0, 0.05) is 12.8 Å². The SMILES string of the molecule is C1=C(/O/C2=C/CCCCCCCC2)CCCCCCCC/1. The molecule has 0 amide bonds. The predicted molar refractivity (Wildman–Crippen MR) is 91.1 cm³/mol. The molecular formula is C20H34O. The van der Waals surface area contributed by atoms with Crippen molar-refractivity contribution >= 4 is 0 Å². The summed E-state index contributed by atoms with van der Waals surface area (Å²) in [5.41, 5.74) is 0. The average molecular weight is 290 g/mol. The van der Waals surface area contributed by atoms with Crippen molar-refractivity contribution in [2.75, 3.05) is 0 Å². The van der Waals surface area contributed by atoms with Crippen LogP contribution >= 0.6 is 0 Å². The van der Waals surface area contributed by atoms with Gasteiger partial charge in [0.25, 0.3) is 0 Å². The van der Waals surface area contributed by atoms with Crippen molar-refractivity contribution in [3.63, 3.8) is 0 Å². The fraction of sp³-hybridized carbons (Fsp3) is 0.800. The monoisotopic (exact) mass is 290 g/mol. The van der Waals surface area contributed by atoms with Crippen LogP contribution < -0.4 is 0 Å². The smallest absolute Gasteiger partial charge is 0.0996 e. The lowest BCUT2D eigenvalue weighted by Crippen LogP contribution is -1.98. The third-order valence-electron chi connectivity index (χ3n) is 4.76. The summed E-state index contributed by atoms with van der Waals surface area (Å²) in [6.45, 7) is 0. The van der Waals surface area contributed by atoms with E-state index in [1.807, 2.05) is 0 Å². The van der Waals surface area contributed by atoms with Crippen molar-refractivity contribution in [1.82, 2.24) is 0 Å². The minimum atomic E-state index is 1.15. The van der Waals surface area contributed by atoms with Crippen LogP contribution in [-0.4, -0.2) is 0 Å². The largest absolute Gasteiger partial charge is 0.467 e. The van der Waals surface area contributed by atoms with E-state index < -0.39 is 0 Å². The van der Waals surface area contributed by atoms with Gasteiger partial charge in [-0.15, -0.1) is 0 Å². The maximum absolute atomic E-state index is 6.32. The Bertz CT molecular complexity index is 295. The molecule has 0 atom stereocenters. The molecular weight excluding hydrogens is 256 g/mol. The van der Waals surface area contributed by atoms with E-state index in [1.54, 1.807) is 0 Å². The number of hydrogen-bond acceptors (Lipinski definition) is 1. The highest BCUT2D eigenvalue weighted by Gasteiger charge is 2.07. The van der Waals surface area contributed by atoms with Gasteiger partial charge in [-0.1, -0.05) is 51.4 Å². The van der Waals surface area contributed by atoms with Gasteiger partial charge in [-0.25, -0.2) is 0 Å². The minimum absolute atomic E-state index is 1.15. The second kappa shape index (κ2) is 10.9. The third kappa shape index (κ3) is 7.74. The van der Waals surface area contributed by atoms with Crippen LogP contribution in [0.15, 0.2) is 23.7 Å². The minimum Gasteiger partial charge on any atom is -0.467 e. The van der Waals surface area contributed by atoms with Gasteiger partial charge in [0.15, 0.2) is 0 Å². The van der Waals surface area contributed by atoms with Gasteiger partial charge < -0.3 is 4.74 Å².